The van der Waals surface area contributed by atoms with E-state index in [1.165, 1.54) is 5.56 Å². The maximum Gasteiger partial charge on any atom is 0.325 e. The van der Waals surface area contributed by atoms with Gasteiger partial charge in [0, 0.05) is 26.2 Å². The van der Waals surface area contributed by atoms with E-state index in [0.717, 1.165) is 44.8 Å². The van der Waals surface area contributed by atoms with Crippen LogP contribution >= 0.6 is 0 Å². The van der Waals surface area contributed by atoms with Crippen molar-refractivity contribution in [2.75, 3.05) is 39.4 Å². The summed E-state index contributed by atoms with van der Waals surface area (Å²) in [5.41, 5.74) is 2.03. The smallest absolute Gasteiger partial charge is 0.325 e. The van der Waals surface area contributed by atoms with E-state index in [9.17, 15) is 9.90 Å². The summed E-state index contributed by atoms with van der Waals surface area (Å²) in [7, 11) is 0. The Labute approximate surface area is 125 Å². The second-order valence-corrected chi connectivity index (χ2v) is 5.27. The summed E-state index contributed by atoms with van der Waals surface area (Å²) in [5.74, 6) is -0.832. The van der Waals surface area contributed by atoms with Crippen LogP contribution in [0.25, 0.3) is 0 Å². The van der Waals surface area contributed by atoms with Crippen LogP contribution in [0.4, 0.5) is 0 Å². The third kappa shape index (κ3) is 4.81. The largest absolute Gasteiger partial charge is 0.480 e. The molecule has 0 saturated carbocycles. The molecular weight excluding hydrogens is 268 g/mol. The quantitative estimate of drug-likeness (QED) is 0.793. The molecule has 116 valence electrons. The normalized spacial score (nSPS) is 17.6. The molecule has 2 N–H and O–H groups in total. The van der Waals surface area contributed by atoms with Crippen LogP contribution in [0.15, 0.2) is 24.3 Å². The van der Waals surface area contributed by atoms with Crippen molar-refractivity contribution in [3.63, 3.8) is 0 Å². The van der Waals surface area contributed by atoms with Crippen molar-refractivity contribution in [2.45, 2.75) is 19.4 Å². The Hall–Kier alpha value is -1.43. The lowest BCUT2D eigenvalue weighted by atomic mass is 10.0. The van der Waals surface area contributed by atoms with Crippen molar-refractivity contribution in [2.24, 2.45) is 0 Å². The first-order chi connectivity index (χ1) is 10.2. The number of carboxylic acids is 1. The molecule has 5 heteroatoms. The lowest BCUT2D eigenvalue weighted by Gasteiger charge is -2.27. The number of ether oxygens (including phenoxy) is 1. The monoisotopic (exact) mass is 292 g/mol. The number of rotatable bonds is 7. The van der Waals surface area contributed by atoms with E-state index < -0.39 is 12.0 Å². The van der Waals surface area contributed by atoms with Crippen LogP contribution in [-0.2, 0) is 16.0 Å². The van der Waals surface area contributed by atoms with Crippen LogP contribution in [0.3, 0.4) is 0 Å². The second kappa shape index (κ2) is 8.12. The Morgan fingerprint density at radius 2 is 2.00 bits per heavy atom. The van der Waals surface area contributed by atoms with E-state index in [1.54, 1.807) is 0 Å². The van der Waals surface area contributed by atoms with Crippen LogP contribution in [0.2, 0.25) is 0 Å². The highest BCUT2D eigenvalue weighted by molar-refractivity contribution is 5.75. The van der Waals surface area contributed by atoms with E-state index in [0.29, 0.717) is 6.54 Å². The van der Waals surface area contributed by atoms with Gasteiger partial charge in [-0.1, -0.05) is 31.2 Å². The molecule has 0 aromatic heterocycles. The summed E-state index contributed by atoms with van der Waals surface area (Å²) in [4.78, 5) is 13.7. The first-order valence-electron chi connectivity index (χ1n) is 7.56. The summed E-state index contributed by atoms with van der Waals surface area (Å²) in [6, 6.07) is 7.15. The van der Waals surface area contributed by atoms with Gasteiger partial charge in [0.2, 0.25) is 0 Å². The summed E-state index contributed by atoms with van der Waals surface area (Å²) in [6.07, 6.45) is 0.961. The topological polar surface area (TPSA) is 61.8 Å². The van der Waals surface area contributed by atoms with Crippen LogP contribution in [-0.4, -0.2) is 55.4 Å². The Bertz CT molecular complexity index is 441. The van der Waals surface area contributed by atoms with Crippen LogP contribution in [0.5, 0.6) is 0 Å². The fraction of sp³-hybridized carbons (Fsp3) is 0.562. The molecule has 1 aromatic carbocycles. The number of morpholine rings is 1. The molecule has 1 fully saturated rings. The number of carboxylic acid groups (broad SMARTS) is 1. The van der Waals surface area contributed by atoms with Crippen molar-refractivity contribution in [1.29, 1.82) is 0 Å². The SMILES string of the molecule is CCc1ccc(C(NCCN2CCOCC2)C(=O)O)cc1. The number of benzene rings is 1. The number of hydrogen-bond donors (Lipinski definition) is 2. The third-order valence-electron chi connectivity index (χ3n) is 3.85. The summed E-state index contributed by atoms with van der Waals surface area (Å²) in [5, 5.41) is 12.5. The average Bonchev–Trinajstić information content (AvgIpc) is 2.52. The standard InChI is InChI=1S/C16H24N2O3/c1-2-13-3-5-14(6-4-13)15(16(19)20)17-7-8-18-9-11-21-12-10-18/h3-6,15,17H,2,7-12H2,1H3,(H,19,20). The number of aryl methyl sites for hydroxylation is 1. The summed E-state index contributed by atoms with van der Waals surface area (Å²) in [6.45, 7) is 6.97. The first-order valence-corrected chi connectivity index (χ1v) is 7.56. The number of aliphatic carboxylic acids is 1. The molecule has 2 rings (SSSR count). The minimum Gasteiger partial charge on any atom is -0.480 e. The molecule has 5 nitrogen and oxygen atoms in total. The molecule has 0 aliphatic carbocycles. The predicted molar refractivity (Wildman–Crippen MR) is 81.5 cm³/mol. The van der Waals surface area contributed by atoms with E-state index in [2.05, 4.69) is 17.1 Å². The molecule has 1 unspecified atom stereocenters. The predicted octanol–water partition coefficient (Wildman–Crippen LogP) is 1.30. The average molecular weight is 292 g/mol. The molecule has 1 atom stereocenters. The summed E-state index contributed by atoms with van der Waals surface area (Å²) < 4.78 is 5.30. The molecule has 0 spiro atoms. The molecule has 0 radical (unpaired) electrons. The first kappa shape index (κ1) is 15.9. The molecule has 0 amide bonds. The third-order valence-corrected chi connectivity index (χ3v) is 3.85. The zero-order valence-electron chi connectivity index (χ0n) is 12.5. The highest BCUT2D eigenvalue weighted by Gasteiger charge is 2.19. The van der Waals surface area contributed by atoms with E-state index in [4.69, 9.17) is 4.74 Å². The fourth-order valence-corrected chi connectivity index (χ4v) is 2.49. The zero-order valence-corrected chi connectivity index (χ0v) is 12.5. The van der Waals surface area contributed by atoms with Crippen molar-refractivity contribution in [3.8, 4) is 0 Å². The van der Waals surface area contributed by atoms with Gasteiger partial charge in [-0.2, -0.15) is 0 Å². The highest BCUT2D eigenvalue weighted by atomic mass is 16.5. The van der Waals surface area contributed by atoms with E-state index >= 15 is 0 Å². The number of nitrogens with one attached hydrogen (secondary N) is 1. The summed E-state index contributed by atoms with van der Waals surface area (Å²) >= 11 is 0. The molecular formula is C16H24N2O3. The number of nitrogens with zero attached hydrogens (tertiary/aromatic N) is 1. The van der Waals surface area contributed by atoms with Gasteiger partial charge in [-0.3, -0.25) is 15.0 Å². The minimum atomic E-state index is -0.832. The van der Waals surface area contributed by atoms with Crippen molar-refractivity contribution < 1.29 is 14.6 Å². The fourth-order valence-electron chi connectivity index (χ4n) is 2.49. The van der Waals surface area contributed by atoms with Gasteiger partial charge >= 0.3 is 5.97 Å². The van der Waals surface area contributed by atoms with Crippen LogP contribution in [0.1, 0.15) is 24.1 Å². The van der Waals surface area contributed by atoms with Crippen molar-refractivity contribution >= 4 is 5.97 Å². The van der Waals surface area contributed by atoms with Crippen LogP contribution in [0, 0.1) is 0 Å². The van der Waals surface area contributed by atoms with Crippen LogP contribution < -0.4 is 5.32 Å². The Balaban J connectivity index is 1.87. The zero-order chi connectivity index (χ0) is 15.1. The van der Waals surface area contributed by atoms with E-state index in [-0.39, 0.29) is 0 Å². The molecule has 1 aromatic rings. The van der Waals surface area contributed by atoms with E-state index in [1.807, 2.05) is 24.3 Å². The minimum absolute atomic E-state index is 0.642. The molecule has 1 aliphatic heterocycles. The van der Waals surface area contributed by atoms with Gasteiger partial charge < -0.3 is 9.84 Å². The maximum atomic E-state index is 11.4. The number of hydrogen-bond acceptors (Lipinski definition) is 4. The number of carbonyl (C=O) groups is 1. The van der Waals surface area contributed by atoms with Gasteiger partial charge in [-0.15, -0.1) is 0 Å². The molecule has 1 saturated heterocycles. The second-order valence-electron chi connectivity index (χ2n) is 5.27. The van der Waals surface area contributed by atoms with Gasteiger partial charge in [0.25, 0.3) is 0 Å². The lowest BCUT2D eigenvalue weighted by molar-refractivity contribution is -0.139. The molecule has 0 bridgehead atoms. The van der Waals surface area contributed by atoms with Crippen molar-refractivity contribution in [3.05, 3.63) is 35.4 Å². The molecule has 1 heterocycles. The molecule has 1 aliphatic rings. The van der Waals surface area contributed by atoms with Crippen molar-refractivity contribution in [1.82, 2.24) is 10.2 Å². The Morgan fingerprint density at radius 1 is 1.33 bits per heavy atom. The highest BCUT2D eigenvalue weighted by Crippen LogP contribution is 2.14. The van der Waals surface area contributed by atoms with Gasteiger partial charge in [0.15, 0.2) is 0 Å². The maximum absolute atomic E-state index is 11.4. The Kier molecular flexibility index (Phi) is 6.17. The Morgan fingerprint density at radius 3 is 2.57 bits per heavy atom. The van der Waals surface area contributed by atoms with Gasteiger partial charge in [-0.05, 0) is 17.5 Å². The van der Waals surface area contributed by atoms with Gasteiger partial charge in [0.1, 0.15) is 6.04 Å². The molecule has 21 heavy (non-hydrogen) atoms. The lowest BCUT2D eigenvalue weighted by Crippen LogP contribution is -2.41. The van der Waals surface area contributed by atoms with Gasteiger partial charge in [-0.25, -0.2) is 0 Å². The van der Waals surface area contributed by atoms with Gasteiger partial charge in [0.05, 0.1) is 13.2 Å².